The highest BCUT2D eigenvalue weighted by atomic mass is 16.6. The molecular weight excluding hydrogens is 374 g/mol. The monoisotopic (exact) mass is 399 g/mol. The number of amides is 1. The lowest BCUT2D eigenvalue weighted by molar-refractivity contribution is -0.123. The molecule has 0 fully saturated rings. The molecule has 0 saturated heterocycles. The van der Waals surface area contributed by atoms with E-state index in [-0.39, 0.29) is 0 Å². The maximum Gasteiger partial charge on any atom is 0.338 e. The van der Waals surface area contributed by atoms with E-state index >= 15 is 0 Å². The molecule has 1 atom stereocenters. The lowest BCUT2D eigenvalue weighted by Gasteiger charge is -2.19. The largest absolute Gasteiger partial charge is 0.493 e. The maximum absolute atomic E-state index is 12.4. The number of hydrogen-bond acceptors (Lipinski definition) is 6. The summed E-state index contributed by atoms with van der Waals surface area (Å²) in [5, 5.41) is 2.71. The SMILES string of the molecule is CC(C)COc1ccc(C(=O)O[C@@H](C)C(=O)Nc2ccc3c(c2)OCCO3)cc1. The van der Waals surface area contributed by atoms with E-state index in [1.165, 1.54) is 6.92 Å². The summed E-state index contributed by atoms with van der Waals surface area (Å²) in [5.41, 5.74) is 0.884. The molecule has 154 valence electrons. The van der Waals surface area contributed by atoms with E-state index in [0.717, 1.165) is 0 Å². The number of benzene rings is 2. The molecule has 0 unspecified atom stereocenters. The fourth-order valence-electron chi connectivity index (χ4n) is 2.60. The first kappa shape index (κ1) is 20.5. The van der Waals surface area contributed by atoms with Crippen molar-refractivity contribution in [2.24, 2.45) is 5.92 Å². The highest BCUT2D eigenvalue weighted by molar-refractivity contribution is 5.97. The fraction of sp³-hybridized carbons (Fsp3) is 0.364. The maximum atomic E-state index is 12.4. The third kappa shape index (κ3) is 5.63. The van der Waals surface area contributed by atoms with E-state index < -0.39 is 18.0 Å². The molecule has 0 spiro atoms. The van der Waals surface area contributed by atoms with Crippen molar-refractivity contribution in [3.8, 4) is 17.2 Å². The smallest absolute Gasteiger partial charge is 0.338 e. The van der Waals surface area contributed by atoms with Crippen LogP contribution in [-0.2, 0) is 9.53 Å². The van der Waals surface area contributed by atoms with Crippen LogP contribution in [0.2, 0.25) is 0 Å². The molecule has 29 heavy (non-hydrogen) atoms. The molecule has 1 aliphatic heterocycles. The molecule has 1 heterocycles. The quantitative estimate of drug-likeness (QED) is 0.715. The molecule has 7 nitrogen and oxygen atoms in total. The van der Waals surface area contributed by atoms with Crippen LogP contribution in [0.1, 0.15) is 31.1 Å². The number of fused-ring (bicyclic) bond motifs is 1. The minimum Gasteiger partial charge on any atom is -0.493 e. The van der Waals surface area contributed by atoms with Crippen LogP contribution >= 0.6 is 0 Å². The second-order valence-electron chi connectivity index (χ2n) is 7.12. The van der Waals surface area contributed by atoms with Crippen molar-refractivity contribution in [2.75, 3.05) is 25.1 Å². The lowest BCUT2D eigenvalue weighted by Crippen LogP contribution is -2.30. The van der Waals surface area contributed by atoms with Crippen LogP contribution in [0.25, 0.3) is 0 Å². The van der Waals surface area contributed by atoms with Gasteiger partial charge < -0.3 is 24.3 Å². The number of carbonyl (C=O) groups is 2. The van der Waals surface area contributed by atoms with E-state index in [9.17, 15) is 9.59 Å². The van der Waals surface area contributed by atoms with Gasteiger partial charge in [0.2, 0.25) is 0 Å². The van der Waals surface area contributed by atoms with E-state index in [1.54, 1.807) is 42.5 Å². The molecule has 1 aliphatic rings. The van der Waals surface area contributed by atoms with Crippen molar-refractivity contribution in [2.45, 2.75) is 26.9 Å². The highest BCUT2D eigenvalue weighted by Crippen LogP contribution is 2.32. The summed E-state index contributed by atoms with van der Waals surface area (Å²) in [6, 6.07) is 11.8. The second-order valence-corrected chi connectivity index (χ2v) is 7.12. The Morgan fingerprint density at radius 1 is 1.00 bits per heavy atom. The summed E-state index contributed by atoms with van der Waals surface area (Å²) in [6.45, 7) is 7.19. The number of ether oxygens (including phenoxy) is 4. The van der Waals surface area contributed by atoms with Crippen LogP contribution in [0, 0.1) is 5.92 Å². The molecule has 1 amide bonds. The zero-order chi connectivity index (χ0) is 20.8. The summed E-state index contributed by atoms with van der Waals surface area (Å²) < 4.78 is 21.8. The van der Waals surface area contributed by atoms with Crippen molar-refractivity contribution < 1.29 is 28.5 Å². The number of carbonyl (C=O) groups excluding carboxylic acids is 2. The molecule has 2 aromatic rings. The van der Waals surface area contributed by atoms with Gasteiger partial charge in [-0.25, -0.2) is 4.79 Å². The topological polar surface area (TPSA) is 83.1 Å². The van der Waals surface area contributed by atoms with Gasteiger partial charge in [-0.3, -0.25) is 4.79 Å². The van der Waals surface area contributed by atoms with E-state index in [4.69, 9.17) is 18.9 Å². The standard InChI is InChI=1S/C22H25NO6/c1-14(2)13-28-18-7-4-16(5-8-18)22(25)29-15(3)21(24)23-17-6-9-19-20(12-17)27-11-10-26-19/h4-9,12,14-15H,10-11,13H2,1-3H3,(H,23,24)/t15-/m0/s1. The average Bonchev–Trinajstić information content (AvgIpc) is 2.72. The predicted molar refractivity (Wildman–Crippen MR) is 108 cm³/mol. The molecule has 0 saturated carbocycles. The van der Waals surface area contributed by atoms with Gasteiger partial charge in [-0.15, -0.1) is 0 Å². The summed E-state index contributed by atoms with van der Waals surface area (Å²) >= 11 is 0. The first-order valence-electron chi connectivity index (χ1n) is 9.56. The number of esters is 1. The molecule has 3 rings (SSSR count). The molecule has 0 aliphatic carbocycles. The van der Waals surface area contributed by atoms with Crippen molar-refractivity contribution in [1.82, 2.24) is 0 Å². The van der Waals surface area contributed by atoms with Gasteiger partial charge in [0.15, 0.2) is 17.6 Å². The van der Waals surface area contributed by atoms with Crippen LogP contribution in [0.3, 0.4) is 0 Å². The Morgan fingerprint density at radius 3 is 2.38 bits per heavy atom. The minimum atomic E-state index is -0.965. The predicted octanol–water partition coefficient (Wildman–Crippen LogP) is 3.68. The van der Waals surface area contributed by atoms with Gasteiger partial charge >= 0.3 is 5.97 Å². The van der Waals surface area contributed by atoms with Crippen LogP contribution in [0.15, 0.2) is 42.5 Å². The molecule has 2 aromatic carbocycles. The van der Waals surface area contributed by atoms with E-state index in [2.05, 4.69) is 19.2 Å². The van der Waals surface area contributed by atoms with Crippen molar-refractivity contribution in [3.05, 3.63) is 48.0 Å². The van der Waals surface area contributed by atoms with Gasteiger partial charge in [-0.2, -0.15) is 0 Å². The van der Waals surface area contributed by atoms with Gasteiger partial charge in [-0.1, -0.05) is 13.8 Å². The van der Waals surface area contributed by atoms with Gasteiger partial charge in [-0.05, 0) is 49.2 Å². The van der Waals surface area contributed by atoms with Crippen molar-refractivity contribution in [1.29, 1.82) is 0 Å². The second kappa shape index (κ2) is 9.32. The summed E-state index contributed by atoms with van der Waals surface area (Å²) in [7, 11) is 0. The molecule has 7 heteroatoms. The Balaban J connectivity index is 1.54. The van der Waals surface area contributed by atoms with Crippen LogP contribution in [0.5, 0.6) is 17.2 Å². The highest BCUT2D eigenvalue weighted by Gasteiger charge is 2.20. The fourth-order valence-corrected chi connectivity index (χ4v) is 2.60. The third-order valence-electron chi connectivity index (χ3n) is 4.14. The van der Waals surface area contributed by atoms with Crippen LogP contribution in [-0.4, -0.2) is 37.8 Å². The zero-order valence-corrected chi connectivity index (χ0v) is 16.8. The molecule has 0 aromatic heterocycles. The Kier molecular flexibility index (Phi) is 6.59. The van der Waals surface area contributed by atoms with Gasteiger partial charge in [0, 0.05) is 11.8 Å². The Morgan fingerprint density at radius 2 is 1.69 bits per heavy atom. The Labute approximate surface area is 169 Å². The Bertz CT molecular complexity index is 862. The number of rotatable bonds is 7. The number of anilines is 1. The number of nitrogens with one attached hydrogen (secondary N) is 1. The summed E-state index contributed by atoms with van der Waals surface area (Å²) in [5.74, 6) is 1.28. The average molecular weight is 399 g/mol. The summed E-state index contributed by atoms with van der Waals surface area (Å²) in [4.78, 5) is 24.7. The van der Waals surface area contributed by atoms with E-state index in [1.807, 2.05) is 0 Å². The molecular formula is C22H25NO6. The first-order chi connectivity index (χ1) is 13.9. The zero-order valence-electron chi connectivity index (χ0n) is 16.8. The van der Waals surface area contributed by atoms with Crippen molar-refractivity contribution >= 4 is 17.6 Å². The van der Waals surface area contributed by atoms with Gasteiger partial charge in [0.05, 0.1) is 12.2 Å². The minimum absolute atomic E-state index is 0.348. The first-order valence-corrected chi connectivity index (χ1v) is 9.56. The normalized spacial score (nSPS) is 13.5. The number of hydrogen-bond donors (Lipinski definition) is 1. The van der Waals surface area contributed by atoms with Crippen molar-refractivity contribution in [3.63, 3.8) is 0 Å². The van der Waals surface area contributed by atoms with Gasteiger partial charge in [0.25, 0.3) is 5.91 Å². The molecule has 0 radical (unpaired) electrons. The molecule has 0 bridgehead atoms. The van der Waals surface area contributed by atoms with E-state index in [0.29, 0.717) is 54.2 Å². The molecule has 1 N–H and O–H groups in total. The third-order valence-corrected chi connectivity index (χ3v) is 4.14. The van der Waals surface area contributed by atoms with Gasteiger partial charge in [0.1, 0.15) is 19.0 Å². The lowest BCUT2D eigenvalue weighted by atomic mass is 10.2. The Hall–Kier alpha value is -3.22. The summed E-state index contributed by atoms with van der Waals surface area (Å²) in [6.07, 6.45) is -0.965. The van der Waals surface area contributed by atoms with Crippen LogP contribution < -0.4 is 19.5 Å². The van der Waals surface area contributed by atoms with Crippen LogP contribution in [0.4, 0.5) is 5.69 Å².